The molecular weight excluding hydrogens is 112 g/mol. The zero-order valence-corrected chi connectivity index (χ0v) is 5.14. The molecule has 0 spiro atoms. The summed E-state index contributed by atoms with van der Waals surface area (Å²) in [5, 5.41) is 0. The Morgan fingerprint density at radius 2 is 2.33 bits per heavy atom. The van der Waals surface area contributed by atoms with E-state index in [4.69, 9.17) is 0 Å². The van der Waals surface area contributed by atoms with Crippen molar-refractivity contribution in [3.8, 4) is 0 Å². The van der Waals surface area contributed by atoms with Gasteiger partial charge in [-0.1, -0.05) is 12.1 Å². The van der Waals surface area contributed by atoms with Crippen molar-refractivity contribution in [2.24, 2.45) is 0 Å². The van der Waals surface area contributed by atoms with E-state index in [-0.39, 0.29) is 5.78 Å². The molecule has 0 fully saturated rings. The predicted molar refractivity (Wildman–Crippen MR) is 34.1 cm³/mol. The fourth-order valence-electron chi connectivity index (χ4n) is 0.556. The van der Waals surface area contributed by atoms with Gasteiger partial charge in [0, 0.05) is 5.56 Å². The Labute approximate surface area is 54.3 Å². The van der Waals surface area contributed by atoms with E-state index in [0.29, 0.717) is 5.56 Å². The number of benzene rings is 1. The summed E-state index contributed by atoms with van der Waals surface area (Å²) in [6.07, 6.45) is 0. The minimum Gasteiger partial charge on any atom is -0.294 e. The Kier molecular flexibility index (Phi) is 1.63. The van der Waals surface area contributed by atoms with Crippen molar-refractivity contribution in [1.82, 2.24) is 0 Å². The minimum atomic E-state index is 0.0341. The molecule has 0 aliphatic heterocycles. The highest BCUT2D eigenvalue weighted by Gasteiger charge is 1.93. The van der Waals surface area contributed by atoms with E-state index in [9.17, 15) is 4.79 Å². The first-order chi connectivity index (χ1) is 4.30. The predicted octanol–water partition coefficient (Wildman–Crippen LogP) is 1.49. The topological polar surface area (TPSA) is 17.1 Å². The normalized spacial score (nSPS) is 9.00. The molecule has 0 unspecified atom stereocenters. The summed E-state index contributed by atoms with van der Waals surface area (Å²) in [4.78, 5) is 10.6. The lowest BCUT2D eigenvalue weighted by Gasteiger charge is -1.88. The van der Waals surface area contributed by atoms with Gasteiger partial charge >= 0.3 is 0 Å². The highest BCUT2D eigenvalue weighted by Crippen LogP contribution is 1.95. The quantitative estimate of drug-likeness (QED) is 0.510. The van der Waals surface area contributed by atoms with Gasteiger partial charge in [-0.15, -0.1) is 0 Å². The van der Waals surface area contributed by atoms with Crippen molar-refractivity contribution in [3.63, 3.8) is 0 Å². The lowest BCUT2D eigenvalue weighted by molar-refractivity contribution is 0.101. The Hall–Kier alpha value is -1.11. The van der Waals surface area contributed by atoms with Crippen LogP contribution in [0.3, 0.4) is 0 Å². The summed E-state index contributed by atoms with van der Waals surface area (Å²) < 4.78 is 0. The number of Topliss-reactive ketones (excluding diaryl/α,β-unsaturated/α-hetero) is 1. The van der Waals surface area contributed by atoms with Gasteiger partial charge in [-0.2, -0.15) is 0 Å². The van der Waals surface area contributed by atoms with Crippen molar-refractivity contribution in [3.05, 3.63) is 35.9 Å². The second-order valence-electron chi connectivity index (χ2n) is 1.76. The molecule has 9 heavy (non-hydrogen) atoms. The third-order valence-electron chi connectivity index (χ3n) is 1.03. The largest absolute Gasteiger partial charge is 0.294 e. The standard InChI is InChI=1S/C8H6O/c1-7(9)8-5-3-2-4-6-8/h2-3,6H,1H3. The van der Waals surface area contributed by atoms with Crippen molar-refractivity contribution in [2.75, 3.05) is 0 Å². The van der Waals surface area contributed by atoms with E-state index in [0.717, 1.165) is 0 Å². The van der Waals surface area contributed by atoms with Gasteiger partial charge < -0.3 is 0 Å². The Bertz CT molecular complexity index is 201. The van der Waals surface area contributed by atoms with Gasteiger partial charge in [0.2, 0.25) is 0 Å². The zero-order chi connectivity index (χ0) is 6.69. The second kappa shape index (κ2) is 2.44. The maximum absolute atomic E-state index is 10.6. The van der Waals surface area contributed by atoms with E-state index in [1.54, 1.807) is 18.2 Å². The monoisotopic (exact) mass is 118 g/mol. The fourth-order valence-corrected chi connectivity index (χ4v) is 0.556. The molecular formula is C8H6O. The summed E-state index contributed by atoms with van der Waals surface area (Å²) in [5.41, 5.74) is 0.595. The van der Waals surface area contributed by atoms with Gasteiger partial charge in [0.05, 0.1) is 0 Å². The first-order valence-corrected chi connectivity index (χ1v) is 2.69. The zero-order valence-electron chi connectivity index (χ0n) is 5.14. The number of hydrogen-bond donors (Lipinski definition) is 0. The van der Waals surface area contributed by atoms with Crippen molar-refractivity contribution in [1.29, 1.82) is 0 Å². The maximum Gasteiger partial charge on any atom is 0.160 e. The van der Waals surface area contributed by atoms with Gasteiger partial charge in [-0.05, 0) is 25.1 Å². The molecule has 0 heterocycles. The van der Waals surface area contributed by atoms with Crippen molar-refractivity contribution in [2.45, 2.75) is 6.92 Å². The summed E-state index contributed by atoms with van der Waals surface area (Å²) in [6, 6.07) is 10.6. The third kappa shape index (κ3) is 1.39. The number of hydrogen-bond acceptors (Lipinski definition) is 1. The van der Waals surface area contributed by atoms with Crippen molar-refractivity contribution >= 4 is 5.78 Å². The Morgan fingerprint density at radius 1 is 1.56 bits per heavy atom. The molecule has 0 bridgehead atoms. The highest BCUT2D eigenvalue weighted by molar-refractivity contribution is 5.93. The van der Waals surface area contributed by atoms with Crippen LogP contribution in [-0.4, -0.2) is 5.78 Å². The molecule has 0 aliphatic carbocycles. The maximum atomic E-state index is 10.6. The molecule has 2 radical (unpaired) electrons. The van der Waals surface area contributed by atoms with Crippen LogP contribution in [0.5, 0.6) is 0 Å². The van der Waals surface area contributed by atoms with E-state index in [1.165, 1.54) is 6.92 Å². The molecule has 1 aromatic carbocycles. The van der Waals surface area contributed by atoms with Crippen LogP contribution in [0, 0.1) is 12.1 Å². The summed E-state index contributed by atoms with van der Waals surface area (Å²) in [5.74, 6) is 0.0341. The van der Waals surface area contributed by atoms with Gasteiger partial charge in [0.1, 0.15) is 0 Å². The smallest absolute Gasteiger partial charge is 0.160 e. The number of rotatable bonds is 1. The Morgan fingerprint density at radius 3 is 2.67 bits per heavy atom. The summed E-state index contributed by atoms with van der Waals surface area (Å²) >= 11 is 0. The highest BCUT2D eigenvalue weighted by atomic mass is 16.1. The third-order valence-corrected chi connectivity index (χ3v) is 1.03. The SMILES string of the molecule is CC(=O)c1[c]cc[c]c1. The van der Waals surface area contributed by atoms with Crippen LogP contribution < -0.4 is 0 Å². The second-order valence-corrected chi connectivity index (χ2v) is 1.76. The molecule has 0 aromatic heterocycles. The fraction of sp³-hybridized carbons (Fsp3) is 0.125. The van der Waals surface area contributed by atoms with E-state index in [2.05, 4.69) is 12.1 Å². The Balaban J connectivity index is 2.98. The minimum absolute atomic E-state index is 0.0341. The molecule has 0 aliphatic rings. The van der Waals surface area contributed by atoms with Gasteiger partial charge in [0.25, 0.3) is 0 Å². The molecule has 0 saturated heterocycles. The van der Waals surface area contributed by atoms with Crippen LogP contribution in [0.2, 0.25) is 0 Å². The van der Waals surface area contributed by atoms with Gasteiger partial charge in [0.15, 0.2) is 5.78 Å². The van der Waals surface area contributed by atoms with Crippen LogP contribution >= 0.6 is 0 Å². The number of ketones is 1. The molecule has 1 aromatic rings. The first kappa shape index (κ1) is 6.02. The lowest BCUT2D eigenvalue weighted by atomic mass is 10.2. The number of carbonyl (C=O) groups excluding carboxylic acids is 1. The van der Waals surface area contributed by atoms with Crippen LogP contribution in [0.4, 0.5) is 0 Å². The molecule has 0 amide bonds. The van der Waals surface area contributed by atoms with E-state index < -0.39 is 0 Å². The molecule has 44 valence electrons. The molecule has 0 saturated carbocycles. The molecule has 0 N–H and O–H groups in total. The summed E-state index contributed by atoms with van der Waals surface area (Å²) in [6.45, 7) is 1.51. The lowest BCUT2D eigenvalue weighted by Crippen LogP contribution is -1.89. The summed E-state index contributed by atoms with van der Waals surface area (Å²) in [7, 11) is 0. The van der Waals surface area contributed by atoms with Crippen LogP contribution in [0.15, 0.2) is 18.2 Å². The van der Waals surface area contributed by atoms with E-state index >= 15 is 0 Å². The van der Waals surface area contributed by atoms with Gasteiger partial charge in [-0.3, -0.25) is 4.79 Å². The van der Waals surface area contributed by atoms with Crippen LogP contribution in [0.1, 0.15) is 17.3 Å². The van der Waals surface area contributed by atoms with Crippen LogP contribution in [0.25, 0.3) is 0 Å². The van der Waals surface area contributed by atoms with Crippen molar-refractivity contribution < 1.29 is 4.79 Å². The number of carbonyl (C=O) groups is 1. The van der Waals surface area contributed by atoms with E-state index in [1.807, 2.05) is 0 Å². The average molecular weight is 118 g/mol. The van der Waals surface area contributed by atoms with Crippen LogP contribution in [-0.2, 0) is 0 Å². The molecule has 0 atom stereocenters. The molecule has 1 heteroatoms. The molecule has 1 rings (SSSR count). The first-order valence-electron chi connectivity index (χ1n) is 2.69. The average Bonchev–Trinajstić information content (AvgIpc) is 1.90. The molecule has 1 nitrogen and oxygen atoms in total. The van der Waals surface area contributed by atoms with Gasteiger partial charge in [-0.25, -0.2) is 0 Å².